The molecule has 1 aromatic carbocycles. The van der Waals surface area contributed by atoms with Gasteiger partial charge in [0.1, 0.15) is 5.60 Å². The summed E-state index contributed by atoms with van der Waals surface area (Å²) >= 11 is 2.98. The van der Waals surface area contributed by atoms with E-state index in [9.17, 15) is 9.59 Å². The van der Waals surface area contributed by atoms with E-state index in [0.29, 0.717) is 4.91 Å². The summed E-state index contributed by atoms with van der Waals surface area (Å²) in [5.41, 5.74) is 1.23. The van der Waals surface area contributed by atoms with Gasteiger partial charge in [0.15, 0.2) is 0 Å². The second-order valence-corrected chi connectivity index (χ2v) is 8.74. The van der Waals surface area contributed by atoms with Crippen LogP contribution in [0.1, 0.15) is 31.2 Å². The first kappa shape index (κ1) is 18.5. The third-order valence-corrected chi connectivity index (χ3v) is 5.31. The van der Waals surface area contributed by atoms with Crippen molar-refractivity contribution in [1.29, 1.82) is 0 Å². The summed E-state index contributed by atoms with van der Waals surface area (Å²) in [4.78, 5) is 26.6. The highest BCUT2D eigenvalue weighted by Gasteiger charge is 2.20. The summed E-state index contributed by atoms with van der Waals surface area (Å²) < 4.78 is 5.24. The third kappa shape index (κ3) is 4.86. The number of para-hydroxylation sites is 1. The van der Waals surface area contributed by atoms with Gasteiger partial charge in [-0.2, -0.15) is 0 Å². The van der Waals surface area contributed by atoms with Crippen molar-refractivity contribution in [2.24, 2.45) is 0 Å². The molecule has 26 heavy (non-hydrogen) atoms. The number of thiophene rings is 1. The zero-order valence-corrected chi connectivity index (χ0v) is 16.4. The van der Waals surface area contributed by atoms with Crippen LogP contribution in [-0.2, 0) is 14.3 Å². The number of carbonyl (C=O) groups is 2. The van der Waals surface area contributed by atoms with E-state index in [-0.39, 0.29) is 11.9 Å². The maximum Gasteiger partial charge on any atom is 0.331 e. The van der Waals surface area contributed by atoms with E-state index in [2.05, 4.69) is 5.32 Å². The van der Waals surface area contributed by atoms with Gasteiger partial charge >= 0.3 is 5.97 Å². The third-order valence-electron chi connectivity index (χ3n) is 3.31. The number of esters is 1. The lowest BCUT2D eigenvalue weighted by Crippen LogP contribution is -2.22. The van der Waals surface area contributed by atoms with Crippen molar-refractivity contribution in [1.82, 2.24) is 0 Å². The van der Waals surface area contributed by atoms with Crippen molar-refractivity contribution >= 4 is 52.8 Å². The fourth-order valence-corrected chi connectivity index (χ4v) is 4.09. The second kappa shape index (κ2) is 7.51. The number of thioether (sulfide) groups is 1. The number of hydrogen-bond donors (Lipinski definition) is 1. The highest BCUT2D eigenvalue weighted by Crippen LogP contribution is 2.39. The standard InChI is InChI=1S/C20H19NO3S2/c1-20(2,3)24-18(22)9-8-13-10-14(25-12-13)11-17-19(23)21-15-6-4-5-7-16(15)26-17/h4-12H,1-3H3,(H,21,23)/b9-8+,17-11?. The molecule has 1 amide bonds. The number of amides is 1. The summed E-state index contributed by atoms with van der Waals surface area (Å²) in [5.74, 6) is -0.477. The Kier molecular flexibility index (Phi) is 5.34. The minimum atomic E-state index is -0.506. The molecule has 0 fully saturated rings. The molecule has 3 rings (SSSR count). The number of fused-ring (bicyclic) bond motifs is 1. The van der Waals surface area contributed by atoms with Gasteiger partial charge in [0.05, 0.1) is 10.6 Å². The zero-order chi connectivity index (χ0) is 18.7. The van der Waals surface area contributed by atoms with Crippen LogP contribution in [-0.4, -0.2) is 17.5 Å². The van der Waals surface area contributed by atoms with Crippen molar-refractivity contribution in [3.05, 3.63) is 57.1 Å². The first-order valence-electron chi connectivity index (χ1n) is 8.10. The molecule has 1 aromatic heterocycles. The van der Waals surface area contributed by atoms with Gasteiger partial charge in [0.25, 0.3) is 5.91 Å². The maximum absolute atomic E-state index is 12.2. The van der Waals surface area contributed by atoms with Gasteiger partial charge < -0.3 is 10.1 Å². The van der Waals surface area contributed by atoms with Crippen LogP contribution >= 0.6 is 23.1 Å². The fourth-order valence-electron chi connectivity index (χ4n) is 2.26. The molecule has 0 spiro atoms. The maximum atomic E-state index is 12.2. The van der Waals surface area contributed by atoms with Crippen LogP contribution in [0.15, 0.2) is 51.6 Å². The molecule has 0 unspecified atom stereocenters. The van der Waals surface area contributed by atoms with E-state index in [0.717, 1.165) is 21.0 Å². The van der Waals surface area contributed by atoms with Gasteiger partial charge in [-0.1, -0.05) is 23.9 Å². The first-order chi connectivity index (χ1) is 12.3. The molecule has 1 aliphatic rings. The van der Waals surface area contributed by atoms with E-state index < -0.39 is 5.60 Å². The molecule has 1 N–H and O–H groups in total. The van der Waals surface area contributed by atoms with Gasteiger partial charge in [-0.25, -0.2) is 4.79 Å². The Bertz CT molecular complexity index is 904. The topological polar surface area (TPSA) is 55.4 Å². The molecule has 1 aliphatic heterocycles. The molecule has 0 radical (unpaired) electrons. The predicted molar refractivity (Wildman–Crippen MR) is 108 cm³/mol. The SMILES string of the molecule is CC(C)(C)OC(=O)/C=C/c1csc(C=C2Sc3ccccc3NC2=O)c1. The van der Waals surface area contributed by atoms with E-state index >= 15 is 0 Å². The Hall–Kier alpha value is -2.31. The lowest BCUT2D eigenvalue weighted by atomic mass is 10.2. The van der Waals surface area contributed by atoms with Gasteiger partial charge in [-0.05, 0) is 62.1 Å². The number of hydrogen-bond acceptors (Lipinski definition) is 5. The van der Waals surface area contributed by atoms with Gasteiger partial charge in [0.2, 0.25) is 0 Å². The van der Waals surface area contributed by atoms with Crippen LogP contribution in [0.3, 0.4) is 0 Å². The molecular formula is C20H19NO3S2. The van der Waals surface area contributed by atoms with Crippen molar-refractivity contribution in [2.75, 3.05) is 5.32 Å². The predicted octanol–water partition coefficient (Wildman–Crippen LogP) is 5.19. The Morgan fingerprint density at radius 2 is 2.00 bits per heavy atom. The molecule has 0 saturated carbocycles. The molecule has 0 bridgehead atoms. The monoisotopic (exact) mass is 385 g/mol. The summed E-state index contributed by atoms with van der Waals surface area (Å²) in [6.45, 7) is 5.50. The largest absolute Gasteiger partial charge is 0.457 e. The second-order valence-electron chi connectivity index (χ2n) is 6.71. The molecule has 0 saturated heterocycles. The minimum Gasteiger partial charge on any atom is -0.457 e. The molecule has 6 heteroatoms. The lowest BCUT2D eigenvalue weighted by molar-refractivity contribution is -0.148. The first-order valence-corrected chi connectivity index (χ1v) is 9.79. The van der Waals surface area contributed by atoms with E-state index in [4.69, 9.17) is 4.74 Å². The summed E-state index contributed by atoms with van der Waals surface area (Å²) in [7, 11) is 0. The number of ether oxygens (including phenoxy) is 1. The number of nitrogens with one attached hydrogen (secondary N) is 1. The number of benzene rings is 1. The van der Waals surface area contributed by atoms with Crippen LogP contribution in [0.5, 0.6) is 0 Å². The van der Waals surface area contributed by atoms with Crippen LogP contribution < -0.4 is 5.32 Å². The molecule has 2 heterocycles. The van der Waals surface area contributed by atoms with Gasteiger partial charge in [-0.3, -0.25) is 4.79 Å². The van der Waals surface area contributed by atoms with Crippen LogP contribution in [0.25, 0.3) is 12.2 Å². The normalized spacial score (nSPS) is 15.8. The Balaban J connectivity index is 1.71. The molecule has 0 atom stereocenters. The van der Waals surface area contributed by atoms with E-state index in [1.165, 1.54) is 29.2 Å². The van der Waals surface area contributed by atoms with E-state index in [1.54, 1.807) is 6.08 Å². The average molecular weight is 386 g/mol. The molecule has 2 aromatic rings. The summed E-state index contributed by atoms with van der Waals surface area (Å²) in [6, 6.07) is 9.66. The highest BCUT2D eigenvalue weighted by atomic mass is 32.2. The average Bonchev–Trinajstić information content (AvgIpc) is 3.00. The van der Waals surface area contributed by atoms with Gasteiger partial charge in [-0.15, -0.1) is 11.3 Å². The Labute approximate surface area is 161 Å². The minimum absolute atomic E-state index is 0.104. The lowest BCUT2D eigenvalue weighted by Gasteiger charge is -2.17. The Morgan fingerprint density at radius 3 is 2.77 bits per heavy atom. The molecule has 0 aliphatic carbocycles. The Morgan fingerprint density at radius 1 is 1.23 bits per heavy atom. The zero-order valence-electron chi connectivity index (χ0n) is 14.7. The van der Waals surface area contributed by atoms with Crippen molar-refractivity contribution < 1.29 is 14.3 Å². The number of anilines is 1. The highest BCUT2D eigenvalue weighted by molar-refractivity contribution is 8.04. The molecule has 134 valence electrons. The van der Waals surface area contributed by atoms with Crippen molar-refractivity contribution in [3.63, 3.8) is 0 Å². The number of carbonyl (C=O) groups excluding carboxylic acids is 2. The quantitative estimate of drug-likeness (QED) is 0.584. The summed E-state index contributed by atoms with van der Waals surface area (Å²) in [5, 5.41) is 4.84. The van der Waals surface area contributed by atoms with Crippen LogP contribution in [0.2, 0.25) is 0 Å². The van der Waals surface area contributed by atoms with Gasteiger partial charge in [0, 0.05) is 15.8 Å². The molecule has 4 nitrogen and oxygen atoms in total. The fraction of sp³-hybridized carbons (Fsp3) is 0.200. The van der Waals surface area contributed by atoms with Crippen molar-refractivity contribution in [2.45, 2.75) is 31.3 Å². The van der Waals surface area contributed by atoms with E-state index in [1.807, 2.05) is 62.6 Å². The van der Waals surface area contributed by atoms with Crippen LogP contribution in [0, 0.1) is 0 Å². The van der Waals surface area contributed by atoms with Crippen LogP contribution in [0.4, 0.5) is 5.69 Å². The number of rotatable bonds is 3. The summed E-state index contributed by atoms with van der Waals surface area (Å²) in [6.07, 6.45) is 5.00. The smallest absolute Gasteiger partial charge is 0.331 e. The molecular weight excluding hydrogens is 366 g/mol. The van der Waals surface area contributed by atoms with Crippen molar-refractivity contribution in [3.8, 4) is 0 Å².